The number of benzene rings is 1. The van der Waals surface area contributed by atoms with Crippen molar-refractivity contribution >= 4 is 0 Å². The Labute approximate surface area is 86.5 Å². The number of rotatable bonds is 4. The van der Waals surface area contributed by atoms with Gasteiger partial charge in [-0.3, -0.25) is 0 Å². The van der Waals surface area contributed by atoms with Crippen LogP contribution in [0, 0.1) is 7.05 Å². The van der Waals surface area contributed by atoms with Gasteiger partial charge in [-0.15, -0.1) is 0 Å². The van der Waals surface area contributed by atoms with E-state index < -0.39 is 0 Å². The van der Waals surface area contributed by atoms with E-state index in [1.54, 1.807) is 0 Å². The largest absolute Gasteiger partial charge is 0.490 e. The Morgan fingerprint density at radius 3 is 2.57 bits per heavy atom. The summed E-state index contributed by atoms with van der Waals surface area (Å²) in [5.74, 6) is 0.977. The molecule has 0 aliphatic carbocycles. The van der Waals surface area contributed by atoms with E-state index >= 15 is 0 Å². The predicted molar refractivity (Wildman–Crippen MR) is 58.2 cm³/mol. The average Bonchev–Trinajstić information content (AvgIpc) is 2.06. The number of hydrogen-bond acceptors (Lipinski definition) is 1. The second kappa shape index (κ2) is 5.01. The van der Waals surface area contributed by atoms with Gasteiger partial charge in [0.1, 0.15) is 5.75 Å². The fraction of sp³-hybridized carbons (Fsp3) is 0.417. The maximum atomic E-state index is 5.71. The van der Waals surface area contributed by atoms with Gasteiger partial charge in [-0.25, -0.2) is 0 Å². The molecule has 0 spiro atoms. The zero-order valence-electron chi connectivity index (χ0n) is 9.21. The highest BCUT2D eigenvalue weighted by molar-refractivity contribution is 5.32. The quantitative estimate of drug-likeness (QED) is 0.711. The minimum Gasteiger partial charge on any atom is -0.490 e. The van der Waals surface area contributed by atoms with E-state index in [0.29, 0.717) is 0 Å². The Kier molecular flexibility index (Phi) is 3.96. The van der Waals surface area contributed by atoms with E-state index in [0.717, 1.165) is 17.2 Å². The van der Waals surface area contributed by atoms with Gasteiger partial charge in [0.15, 0.2) is 0 Å². The van der Waals surface area contributed by atoms with E-state index in [2.05, 4.69) is 13.1 Å². The highest BCUT2D eigenvalue weighted by Gasteiger charge is 2.05. The van der Waals surface area contributed by atoms with Crippen LogP contribution in [0.2, 0.25) is 0 Å². The van der Waals surface area contributed by atoms with Gasteiger partial charge in [0.05, 0.1) is 12.6 Å². The molecule has 14 heavy (non-hydrogen) atoms. The van der Waals surface area contributed by atoms with Gasteiger partial charge < -0.3 is 9.64 Å². The molecule has 1 unspecified atom stereocenters. The normalized spacial score (nSPS) is 12.9. The molecular weight excluding hydrogens is 174 g/mol. The molecule has 2 nitrogen and oxygen atoms in total. The molecule has 0 heterocycles. The van der Waals surface area contributed by atoms with E-state index in [4.69, 9.17) is 4.74 Å². The highest BCUT2D eigenvalue weighted by Crippen LogP contribution is 2.18. The molecule has 0 aliphatic heterocycles. The van der Waals surface area contributed by atoms with Crippen molar-refractivity contribution in [3.8, 4) is 5.75 Å². The molecule has 0 radical (unpaired) electrons. The molecule has 0 saturated carbocycles. The van der Waals surface area contributed by atoms with Crippen molar-refractivity contribution in [3.05, 3.63) is 36.9 Å². The Morgan fingerprint density at radius 1 is 1.36 bits per heavy atom. The van der Waals surface area contributed by atoms with Crippen LogP contribution < -0.4 is 9.64 Å². The summed E-state index contributed by atoms with van der Waals surface area (Å²) in [6, 6.07) is 8.13. The molecule has 0 bridgehead atoms. The van der Waals surface area contributed by atoms with Crippen LogP contribution in [0.15, 0.2) is 24.3 Å². The molecule has 1 atom stereocenters. The minimum atomic E-state index is 0.223. The van der Waals surface area contributed by atoms with Crippen molar-refractivity contribution < 1.29 is 9.64 Å². The summed E-state index contributed by atoms with van der Waals surface area (Å²) >= 11 is 0. The molecule has 0 saturated heterocycles. The molecular formula is C12H19NO. The SMILES string of the molecule is [CH2-][NH+](C)Cc1ccccc1OC(C)C. The zero-order valence-corrected chi connectivity index (χ0v) is 9.21. The van der Waals surface area contributed by atoms with Gasteiger partial charge in [0.25, 0.3) is 0 Å². The third-order valence-corrected chi connectivity index (χ3v) is 1.83. The lowest BCUT2D eigenvalue weighted by Gasteiger charge is -2.18. The number of quaternary nitrogens is 1. The van der Waals surface area contributed by atoms with Gasteiger partial charge in [0, 0.05) is 12.6 Å². The average molecular weight is 193 g/mol. The Bertz CT molecular complexity index is 252. The number of para-hydroxylation sites is 1. The molecule has 1 aromatic rings. The summed E-state index contributed by atoms with van der Waals surface area (Å²) in [6.45, 7) is 4.97. The Hall–Kier alpha value is -1.02. The van der Waals surface area contributed by atoms with E-state index in [-0.39, 0.29) is 6.10 Å². The maximum Gasteiger partial charge on any atom is 0.128 e. The molecule has 0 aliphatic rings. The minimum absolute atomic E-state index is 0.223. The van der Waals surface area contributed by atoms with E-state index in [9.17, 15) is 0 Å². The lowest BCUT2D eigenvalue weighted by molar-refractivity contribution is -0.846. The Balaban J connectivity index is 2.80. The third kappa shape index (κ3) is 3.38. The van der Waals surface area contributed by atoms with E-state index in [1.807, 2.05) is 39.1 Å². The zero-order chi connectivity index (χ0) is 10.6. The van der Waals surface area contributed by atoms with Crippen LogP contribution in [0.1, 0.15) is 19.4 Å². The van der Waals surface area contributed by atoms with E-state index in [1.165, 1.54) is 5.56 Å². The number of ether oxygens (including phenoxy) is 1. The second-order valence-electron chi connectivity index (χ2n) is 3.91. The number of nitrogens with one attached hydrogen (secondary N) is 1. The van der Waals surface area contributed by atoms with Gasteiger partial charge in [-0.2, -0.15) is 7.05 Å². The monoisotopic (exact) mass is 193 g/mol. The fourth-order valence-corrected chi connectivity index (χ4v) is 1.34. The summed E-state index contributed by atoms with van der Waals surface area (Å²) in [4.78, 5) is 1.16. The first-order valence-electron chi connectivity index (χ1n) is 4.98. The first kappa shape index (κ1) is 11.1. The van der Waals surface area contributed by atoms with Crippen LogP contribution in [0.3, 0.4) is 0 Å². The Morgan fingerprint density at radius 2 is 2.00 bits per heavy atom. The predicted octanol–water partition coefficient (Wildman–Crippen LogP) is 1.28. The molecule has 78 valence electrons. The summed E-state index contributed by atoms with van der Waals surface area (Å²) in [5.41, 5.74) is 1.22. The van der Waals surface area contributed by atoms with Crippen molar-refractivity contribution in [1.82, 2.24) is 0 Å². The van der Waals surface area contributed by atoms with Crippen LogP contribution in [-0.2, 0) is 6.54 Å². The van der Waals surface area contributed by atoms with Crippen molar-refractivity contribution in [2.45, 2.75) is 26.5 Å². The van der Waals surface area contributed by atoms with Gasteiger partial charge in [0.2, 0.25) is 0 Å². The number of hydrogen-bond donors (Lipinski definition) is 1. The molecule has 0 amide bonds. The van der Waals surface area contributed by atoms with Crippen molar-refractivity contribution in [2.24, 2.45) is 0 Å². The standard InChI is InChI=1S/C12H19NO/c1-10(2)14-12-8-6-5-7-11(12)9-13(3)4/h5-8,10,13H,3,9H2,1-2,4H3. The summed E-state index contributed by atoms with van der Waals surface area (Å²) < 4.78 is 5.71. The second-order valence-corrected chi connectivity index (χ2v) is 3.91. The first-order chi connectivity index (χ1) is 6.59. The molecule has 1 aromatic carbocycles. The molecule has 0 fully saturated rings. The van der Waals surface area contributed by atoms with Crippen LogP contribution in [-0.4, -0.2) is 13.2 Å². The maximum absolute atomic E-state index is 5.71. The van der Waals surface area contributed by atoms with Gasteiger partial charge in [-0.05, 0) is 26.0 Å². The third-order valence-electron chi connectivity index (χ3n) is 1.83. The van der Waals surface area contributed by atoms with Crippen LogP contribution in [0.4, 0.5) is 0 Å². The van der Waals surface area contributed by atoms with Crippen molar-refractivity contribution in [1.29, 1.82) is 0 Å². The molecule has 1 N–H and O–H groups in total. The lowest BCUT2D eigenvalue weighted by atomic mass is 10.2. The topological polar surface area (TPSA) is 13.7 Å². The van der Waals surface area contributed by atoms with Gasteiger partial charge >= 0.3 is 0 Å². The smallest absolute Gasteiger partial charge is 0.128 e. The summed E-state index contributed by atoms with van der Waals surface area (Å²) in [6.07, 6.45) is 0.223. The molecule has 2 heteroatoms. The first-order valence-corrected chi connectivity index (χ1v) is 4.98. The van der Waals surface area contributed by atoms with Crippen molar-refractivity contribution in [3.63, 3.8) is 0 Å². The lowest BCUT2D eigenvalue weighted by Crippen LogP contribution is -3.01. The molecule has 1 rings (SSSR count). The van der Waals surface area contributed by atoms with Crippen LogP contribution in [0.25, 0.3) is 0 Å². The van der Waals surface area contributed by atoms with Crippen molar-refractivity contribution in [2.75, 3.05) is 7.05 Å². The fourth-order valence-electron chi connectivity index (χ4n) is 1.34. The molecule has 0 aromatic heterocycles. The van der Waals surface area contributed by atoms with Gasteiger partial charge in [-0.1, -0.05) is 12.1 Å². The van der Waals surface area contributed by atoms with Crippen LogP contribution in [0.5, 0.6) is 5.75 Å². The highest BCUT2D eigenvalue weighted by atomic mass is 16.5. The summed E-state index contributed by atoms with van der Waals surface area (Å²) in [7, 11) is 5.95. The summed E-state index contributed by atoms with van der Waals surface area (Å²) in [5, 5.41) is 0. The van der Waals surface area contributed by atoms with Crippen LogP contribution >= 0.6 is 0 Å².